The van der Waals surface area contributed by atoms with Gasteiger partial charge in [0, 0.05) is 5.69 Å². The predicted octanol–water partition coefficient (Wildman–Crippen LogP) is -0.549. The quantitative estimate of drug-likeness (QED) is 0.574. The van der Waals surface area contributed by atoms with E-state index in [0.717, 1.165) is 5.56 Å². The Kier molecular flexibility index (Phi) is 3.31. The van der Waals surface area contributed by atoms with E-state index in [1.807, 2.05) is 0 Å². The topological polar surface area (TPSA) is 113 Å². The molecule has 96 valence electrons. The van der Waals surface area contributed by atoms with Crippen LogP contribution in [-0.4, -0.2) is 28.1 Å². The van der Waals surface area contributed by atoms with Gasteiger partial charge in [-0.05, 0) is 17.2 Å². The molecule has 5 N–H and O–H groups in total. The molecule has 0 radical (unpaired) electrons. The molecule has 0 bridgehead atoms. The average Bonchev–Trinajstić information content (AvgIpc) is 2.65. The molecule has 0 saturated carbocycles. The molecule has 1 aromatic carbocycles. The first kappa shape index (κ1) is 12.5. The molecule has 6 nitrogen and oxygen atoms in total. The molecule has 1 aromatic rings. The number of benzene rings is 1. The third kappa shape index (κ3) is 2.49. The molecule has 0 saturated heterocycles. The summed E-state index contributed by atoms with van der Waals surface area (Å²) < 4.78 is 0. The number of fused-ring (bicyclic) bond motifs is 1. The summed E-state index contributed by atoms with van der Waals surface area (Å²) in [6.07, 6.45) is -2.50. The van der Waals surface area contributed by atoms with E-state index in [0.29, 0.717) is 11.3 Å². The van der Waals surface area contributed by atoms with Crippen molar-refractivity contribution < 1.29 is 19.8 Å². The zero-order valence-electron chi connectivity index (χ0n) is 9.59. The summed E-state index contributed by atoms with van der Waals surface area (Å²) in [6.45, 7) is 0. The van der Waals surface area contributed by atoms with Crippen LogP contribution in [0.2, 0.25) is 0 Å². The van der Waals surface area contributed by atoms with Gasteiger partial charge in [0.05, 0.1) is 18.9 Å². The van der Waals surface area contributed by atoms with Crippen LogP contribution >= 0.6 is 0 Å². The van der Waals surface area contributed by atoms with Crippen molar-refractivity contribution in [3.63, 3.8) is 0 Å². The summed E-state index contributed by atoms with van der Waals surface area (Å²) >= 11 is 0. The molecule has 0 spiro atoms. The van der Waals surface area contributed by atoms with Crippen molar-refractivity contribution in [2.75, 3.05) is 5.32 Å². The molecule has 0 fully saturated rings. The number of rotatable bonds is 4. The average molecular weight is 250 g/mol. The van der Waals surface area contributed by atoms with E-state index >= 15 is 0 Å². The highest BCUT2D eigenvalue weighted by atomic mass is 16.3. The van der Waals surface area contributed by atoms with Crippen LogP contribution in [0, 0.1) is 0 Å². The van der Waals surface area contributed by atoms with E-state index in [4.69, 9.17) is 5.73 Å². The number of carbonyl (C=O) groups is 2. The number of hydrogen-bond acceptors (Lipinski definition) is 4. The number of carbonyl (C=O) groups excluding carboxylic acids is 2. The molecule has 2 unspecified atom stereocenters. The first-order valence-corrected chi connectivity index (χ1v) is 5.54. The zero-order valence-corrected chi connectivity index (χ0v) is 9.59. The zero-order chi connectivity index (χ0) is 13.3. The third-order valence-corrected chi connectivity index (χ3v) is 2.87. The van der Waals surface area contributed by atoms with E-state index < -0.39 is 18.1 Å². The van der Waals surface area contributed by atoms with Gasteiger partial charge >= 0.3 is 0 Å². The van der Waals surface area contributed by atoms with Crippen molar-refractivity contribution in [2.24, 2.45) is 5.73 Å². The van der Waals surface area contributed by atoms with Crippen molar-refractivity contribution in [2.45, 2.75) is 25.0 Å². The van der Waals surface area contributed by atoms with Crippen molar-refractivity contribution in [3.8, 4) is 0 Å². The van der Waals surface area contributed by atoms with Gasteiger partial charge in [0.1, 0.15) is 6.10 Å². The molecule has 6 heteroatoms. The number of nitrogens with two attached hydrogens (primary N) is 1. The van der Waals surface area contributed by atoms with Gasteiger partial charge in [-0.2, -0.15) is 0 Å². The van der Waals surface area contributed by atoms with Gasteiger partial charge in [-0.25, -0.2) is 0 Å². The fourth-order valence-electron chi connectivity index (χ4n) is 1.97. The Hall–Kier alpha value is -1.92. The van der Waals surface area contributed by atoms with Crippen molar-refractivity contribution in [1.82, 2.24) is 0 Å². The van der Waals surface area contributed by atoms with Gasteiger partial charge in [0.15, 0.2) is 0 Å². The summed E-state index contributed by atoms with van der Waals surface area (Å²) in [6, 6.07) is 4.90. The standard InChI is InChI=1S/C12H14N2O4/c13-10(16)5-9(15)12(18)6-1-2-8-7(3-6)4-11(17)14-8/h1-3,9,12,15,18H,4-5H2,(H2,13,16)(H,14,17). The fraction of sp³-hybridized carbons (Fsp3) is 0.333. The van der Waals surface area contributed by atoms with Crippen LogP contribution in [0.1, 0.15) is 23.7 Å². The van der Waals surface area contributed by atoms with Crippen LogP contribution in [0.15, 0.2) is 18.2 Å². The number of primary amides is 1. The minimum absolute atomic E-state index is 0.102. The van der Waals surface area contributed by atoms with Gasteiger partial charge in [-0.3, -0.25) is 9.59 Å². The lowest BCUT2D eigenvalue weighted by Gasteiger charge is -2.17. The first-order valence-electron chi connectivity index (χ1n) is 5.54. The SMILES string of the molecule is NC(=O)CC(O)C(O)c1ccc2c(c1)CC(=O)N2. The maximum Gasteiger partial charge on any atom is 0.228 e. The van der Waals surface area contributed by atoms with Crippen LogP contribution in [-0.2, 0) is 16.0 Å². The normalized spacial score (nSPS) is 16.9. The van der Waals surface area contributed by atoms with E-state index in [-0.39, 0.29) is 18.7 Å². The maximum absolute atomic E-state index is 11.2. The Morgan fingerprint density at radius 2 is 2.17 bits per heavy atom. The van der Waals surface area contributed by atoms with E-state index in [9.17, 15) is 19.8 Å². The van der Waals surface area contributed by atoms with Crippen molar-refractivity contribution in [1.29, 1.82) is 0 Å². The van der Waals surface area contributed by atoms with Crippen LogP contribution in [0.5, 0.6) is 0 Å². The monoisotopic (exact) mass is 250 g/mol. The molecule has 0 aromatic heterocycles. The largest absolute Gasteiger partial charge is 0.390 e. The molecule has 2 rings (SSSR count). The molecule has 18 heavy (non-hydrogen) atoms. The molecule has 1 aliphatic rings. The molecule has 2 amide bonds. The minimum atomic E-state index is -1.24. The number of amides is 2. The second kappa shape index (κ2) is 4.75. The highest BCUT2D eigenvalue weighted by Gasteiger charge is 2.23. The van der Waals surface area contributed by atoms with E-state index in [1.165, 1.54) is 0 Å². The molecule has 1 heterocycles. The lowest BCUT2D eigenvalue weighted by molar-refractivity contribution is -0.121. The summed E-state index contributed by atoms with van der Waals surface area (Å²) in [5.74, 6) is -0.783. The van der Waals surface area contributed by atoms with Crippen molar-refractivity contribution >= 4 is 17.5 Å². The lowest BCUT2D eigenvalue weighted by atomic mass is 9.99. The van der Waals surface area contributed by atoms with Crippen LogP contribution < -0.4 is 11.1 Å². The number of aliphatic hydroxyl groups excluding tert-OH is 2. The second-order valence-electron chi connectivity index (χ2n) is 4.32. The van der Waals surface area contributed by atoms with Gasteiger partial charge < -0.3 is 21.3 Å². The number of anilines is 1. The Bertz CT molecular complexity index is 501. The summed E-state index contributed by atoms with van der Waals surface area (Å²) in [7, 11) is 0. The number of nitrogens with one attached hydrogen (secondary N) is 1. The second-order valence-corrected chi connectivity index (χ2v) is 4.32. The highest BCUT2D eigenvalue weighted by molar-refractivity contribution is 5.99. The molecular weight excluding hydrogens is 236 g/mol. The Labute approximate surface area is 103 Å². The smallest absolute Gasteiger partial charge is 0.228 e. The predicted molar refractivity (Wildman–Crippen MR) is 63.6 cm³/mol. The molecule has 0 aliphatic carbocycles. The Morgan fingerprint density at radius 1 is 1.44 bits per heavy atom. The first-order chi connectivity index (χ1) is 8.47. The van der Waals surface area contributed by atoms with Crippen LogP contribution in [0.3, 0.4) is 0 Å². The Morgan fingerprint density at radius 3 is 2.83 bits per heavy atom. The van der Waals surface area contributed by atoms with E-state index in [1.54, 1.807) is 18.2 Å². The third-order valence-electron chi connectivity index (χ3n) is 2.87. The van der Waals surface area contributed by atoms with Crippen LogP contribution in [0.4, 0.5) is 5.69 Å². The number of hydrogen-bond donors (Lipinski definition) is 4. The lowest BCUT2D eigenvalue weighted by Crippen LogP contribution is -2.25. The van der Waals surface area contributed by atoms with Gasteiger partial charge in [-0.1, -0.05) is 12.1 Å². The summed E-state index contributed by atoms with van der Waals surface area (Å²) in [5.41, 5.74) is 6.89. The number of aliphatic hydroxyl groups is 2. The molecule has 1 aliphatic heterocycles. The van der Waals surface area contributed by atoms with Crippen LogP contribution in [0.25, 0.3) is 0 Å². The highest BCUT2D eigenvalue weighted by Crippen LogP contribution is 2.28. The van der Waals surface area contributed by atoms with E-state index in [2.05, 4.69) is 5.32 Å². The van der Waals surface area contributed by atoms with Gasteiger partial charge in [0.25, 0.3) is 0 Å². The van der Waals surface area contributed by atoms with Gasteiger partial charge in [-0.15, -0.1) is 0 Å². The van der Waals surface area contributed by atoms with Crippen molar-refractivity contribution in [3.05, 3.63) is 29.3 Å². The molecular formula is C12H14N2O4. The fourth-order valence-corrected chi connectivity index (χ4v) is 1.97. The Balaban J connectivity index is 2.17. The van der Waals surface area contributed by atoms with Gasteiger partial charge in [0.2, 0.25) is 11.8 Å². The summed E-state index contributed by atoms with van der Waals surface area (Å²) in [5, 5.41) is 22.1. The summed E-state index contributed by atoms with van der Waals surface area (Å²) in [4.78, 5) is 21.8. The minimum Gasteiger partial charge on any atom is -0.390 e. The molecule has 2 atom stereocenters. The maximum atomic E-state index is 11.2.